The van der Waals surface area contributed by atoms with Crippen LogP contribution in [-0.4, -0.2) is 15.2 Å². The fourth-order valence-corrected chi connectivity index (χ4v) is 2.31. The summed E-state index contributed by atoms with van der Waals surface area (Å²) in [7, 11) is 0. The first-order chi connectivity index (χ1) is 8.29. The monoisotopic (exact) mass is 252 g/mol. The van der Waals surface area contributed by atoms with Crippen molar-refractivity contribution in [2.45, 2.75) is 38.7 Å². The van der Waals surface area contributed by atoms with Gasteiger partial charge < -0.3 is 9.63 Å². The summed E-state index contributed by atoms with van der Waals surface area (Å²) in [5, 5.41) is 15.4. The van der Waals surface area contributed by atoms with Crippen LogP contribution in [0.1, 0.15) is 42.5 Å². The van der Waals surface area contributed by atoms with Crippen molar-refractivity contribution in [2.24, 2.45) is 0 Å². The average Bonchev–Trinajstić information content (AvgIpc) is 2.99. The maximum atomic E-state index is 9.53. The number of aliphatic hydroxyl groups is 1. The Morgan fingerprint density at radius 1 is 1.47 bits per heavy atom. The van der Waals surface area contributed by atoms with E-state index in [1.54, 1.807) is 11.3 Å². The zero-order valence-corrected chi connectivity index (χ0v) is 10.6. The van der Waals surface area contributed by atoms with Crippen LogP contribution in [-0.2, 0) is 12.8 Å². The Kier molecular flexibility index (Phi) is 4.28. The van der Waals surface area contributed by atoms with Gasteiger partial charge in [0.2, 0.25) is 5.89 Å². The molecule has 0 aromatic carbocycles. The van der Waals surface area contributed by atoms with Gasteiger partial charge in [-0.3, -0.25) is 0 Å². The van der Waals surface area contributed by atoms with Gasteiger partial charge in [0.25, 0.3) is 0 Å². The average molecular weight is 252 g/mol. The highest BCUT2D eigenvalue weighted by molar-refractivity contribution is 7.09. The van der Waals surface area contributed by atoms with Gasteiger partial charge in [0.05, 0.1) is 0 Å². The van der Waals surface area contributed by atoms with Crippen LogP contribution in [0.15, 0.2) is 22.0 Å². The van der Waals surface area contributed by atoms with Gasteiger partial charge in [-0.1, -0.05) is 18.1 Å². The molecule has 5 heteroatoms. The molecule has 1 N–H and O–H groups in total. The summed E-state index contributed by atoms with van der Waals surface area (Å²) < 4.78 is 5.09. The van der Waals surface area contributed by atoms with E-state index < -0.39 is 6.10 Å². The molecule has 2 aromatic heterocycles. The Morgan fingerprint density at radius 3 is 3.06 bits per heavy atom. The fraction of sp³-hybridized carbons (Fsp3) is 0.500. The highest BCUT2D eigenvalue weighted by Crippen LogP contribution is 2.15. The fourth-order valence-electron chi connectivity index (χ4n) is 1.56. The van der Waals surface area contributed by atoms with Crippen molar-refractivity contribution in [3.8, 4) is 0 Å². The van der Waals surface area contributed by atoms with E-state index in [4.69, 9.17) is 4.52 Å². The van der Waals surface area contributed by atoms with Crippen molar-refractivity contribution >= 4 is 11.3 Å². The summed E-state index contributed by atoms with van der Waals surface area (Å²) >= 11 is 1.77. The van der Waals surface area contributed by atoms with Crippen LogP contribution < -0.4 is 0 Å². The van der Waals surface area contributed by atoms with Crippen LogP contribution in [0.2, 0.25) is 0 Å². The molecule has 0 fully saturated rings. The largest absolute Gasteiger partial charge is 0.385 e. The first kappa shape index (κ1) is 12.3. The predicted octanol–water partition coefficient (Wildman–Crippen LogP) is 2.75. The van der Waals surface area contributed by atoms with E-state index >= 15 is 0 Å². The molecule has 0 saturated carbocycles. The van der Waals surface area contributed by atoms with Crippen molar-refractivity contribution in [2.75, 3.05) is 0 Å². The smallest absolute Gasteiger partial charge is 0.226 e. The zero-order chi connectivity index (χ0) is 12.1. The predicted molar refractivity (Wildman–Crippen MR) is 65.9 cm³/mol. The van der Waals surface area contributed by atoms with Crippen LogP contribution in [0.3, 0.4) is 0 Å². The number of aryl methyl sites for hydroxylation is 2. The minimum absolute atomic E-state index is 0.402. The van der Waals surface area contributed by atoms with Gasteiger partial charge in [0, 0.05) is 11.3 Å². The minimum Gasteiger partial charge on any atom is -0.385 e. The number of hydrogen-bond acceptors (Lipinski definition) is 5. The van der Waals surface area contributed by atoms with E-state index in [2.05, 4.69) is 27.7 Å². The highest BCUT2D eigenvalue weighted by atomic mass is 32.1. The summed E-state index contributed by atoms with van der Waals surface area (Å²) in [6, 6.07) is 4.19. The second-order valence-electron chi connectivity index (χ2n) is 3.90. The molecule has 2 rings (SSSR count). The molecule has 0 amide bonds. The SMILES string of the molecule is CCC(O)c1noc(CCCc2cccs2)n1. The molecule has 0 aliphatic rings. The Labute approximate surface area is 104 Å². The van der Waals surface area contributed by atoms with E-state index in [9.17, 15) is 5.11 Å². The van der Waals surface area contributed by atoms with Crippen LogP contribution in [0.5, 0.6) is 0 Å². The molecule has 2 aromatic rings. The summed E-state index contributed by atoms with van der Waals surface area (Å²) in [5.41, 5.74) is 0. The molecule has 17 heavy (non-hydrogen) atoms. The first-order valence-corrected chi connectivity index (χ1v) is 6.70. The summed E-state index contributed by atoms with van der Waals surface area (Å²) in [5.74, 6) is 1.02. The van der Waals surface area contributed by atoms with Crippen molar-refractivity contribution in [1.82, 2.24) is 10.1 Å². The normalized spacial score (nSPS) is 12.8. The van der Waals surface area contributed by atoms with Crippen molar-refractivity contribution in [3.05, 3.63) is 34.1 Å². The summed E-state index contributed by atoms with van der Waals surface area (Å²) in [6.07, 6.45) is 2.79. The maximum absolute atomic E-state index is 9.53. The molecule has 2 heterocycles. The van der Waals surface area contributed by atoms with Crippen molar-refractivity contribution in [3.63, 3.8) is 0 Å². The Hall–Kier alpha value is -1.20. The molecule has 0 aliphatic carbocycles. The molecule has 4 nitrogen and oxygen atoms in total. The third-order valence-corrected chi connectivity index (χ3v) is 3.50. The van der Waals surface area contributed by atoms with Gasteiger partial charge in [0.1, 0.15) is 6.10 Å². The van der Waals surface area contributed by atoms with Gasteiger partial charge in [0.15, 0.2) is 5.82 Å². The van der Waals surface area contributed by atoms with Crippen LogP contribution in [0.25, 0.3) is 0 Å². The van der Waals surface area contributed by atoms with Gasteiger partial charge in [-0.25, -0.2) is 0 Å². The second kappa shape index (κ2) is 5.93. The molecule has 0 radical (unpaired) electrons. The zero-order valence-electron chi connectivity index (χ0n) is 9.80. The lowest BCUT2D eigenvalue weighted by Gasteiger charge is -1.98. The Balaban J connectivity index is 1.81. The quantitative estimate of drug-likeness (QED) is 0.858. The Morgan fingerprint density at radius 2 is 2.35 bits per heavy atom. The first-order valence-electron chi connectivity index (χ1n) is 5.82. The van der Waals surface area contributed by atoms with Crippen LogP contribution in [0, 0.1) is 0 Å². The maximum Gasteiger partial charge on any atom is 0.226 e. The number of rotatable bonds is 6. The molecule has 0 saturated heterocycles. The standard InChI is InChI=1S/C12H16N2O2S/c1-2-10(15)12-13-11(16-14-12)7-3-5-9-6-4-8-17-9/h4,6,8,10,15H,2-3,5,7H2,1H3. The summed E-state index contributed by atoms with van der Waals surface area (Å²) in [4.78, 5) is 5.55. The van der Waals surface area contributed by atoms with E-state index in [0.29, 0.717) is 18.1 Å². The highest BCUT2D eigenvalue weighted by Gasteiger charge is 2.13. The summed E-state index contributed by atoms with van der Waals surface area (Å²) in [6.45, 7) is 1.89. The number of hydrogen-bond donors (Lipinski definition) is 1. The molecule has 0 bridgehead atoms. The lowest BCUT2D eigenvalue weighted by atomic mass is 10.2. The van der Waals surface area contributed by atoms with Crippen molar-refractivity contribution < 1.29 is 9.63 Å². The number of aromatic nitrogens is 2. The molecule has 0 spiro atoms. The molecular formula is C12H16N2O2S. The molecule has 1 atom stereocenters. The molecule has 1 unspecified atom stereocenters. The molecule has 92 valence electrons. The van der Waals surface area contributed by atoms with E-state index in [-0.39, 0.29) is 0 Å². The number of nitrogens with zero attached hydrogens (tertiary/aromatic N) is 2. The molecular weight excluding hydrogens is 236 g/mol. The molecule has 0 aliphatic heterocycles. The van der Waals surface area contributed by atoms with Crippen LogP contribution >= 0.6 is 11.3 Å². The van der Waals surface area contributed by atoms with E-state index in [1.165, 1.54) is 4.88 Å². The van der Waals surface area contributed by atoms with Gasteiger partial charge in [-0.05, 0) is 30.7 Å². The third-order valence-electron chi connectivity index (χ3n) is 2.56. The topological polar surface area (TPSA) is 59.2 Å². The second-order valence-corrected chi connectivity index (χ2v) is 4.94. The third kappa shape index (κ3) is 3.38. The number of aliphatic hydroxyl groups excluding tert-OH is 1. The van der Waals surface area contributed by atoms with E-state index in [1.807, 2.05) is 6.92 Å². The van der Waals surface area contributed by atoms with Gasteiger partial charge in [-0.15, -0.1) is 11.3 Å². The van der Waals surface area contributed by atoms with Crippen molar-refractivity contribution in [1.29, 1.82) is 0 Å². The lowest BCUT2D eigenvalue weighted by molar-refractivity contribution is 0.159. The van der Waals surface area contributed by atoms with E-state index in [0.717, 1.165) is 19.3 Å². The minimum atomic E-state index is -0.607. The van der Waals surface area contributed by atoms with Gasteiger partial charge in [-0.2, -0.15) is 4.98 Å². The number of thiophene rings is 1. The lowest BCUT2D eigenvalue weighted by Crippen LogP contribution is -1.98. The van der Waals surface area contributed by atoms with Gasteiger partial charge >= 0.3 is 0 Å². The Bertz CT molecular complexity index is 439. The van der Waals surface area contributed by atoms with Crippen LogP contribution in [0.4, 0.5) is 0 Å².